The Labute approximate surface area is 86.5 Å². The van der Waals surface area contributed by atoms with E-state index in [1.54, 1.807) is 6.92 Å². The van der Waals surface area contributed by atoms with Gasteiger partial charge in [0.25, 0.3) is 0 Å². The Hall–Kier alpha value is -0.760. The molecule has 1 rings (SSSR count). The molecule has 0 bridgehead atoms. The number of aromatic nitrogens is 2. The van der Waals surface area contributed by atoms with Gasteiger partial charge in [0.1, 0.15) is 5.82 Å². The fraction of sp³-hybridized carbons (Fsp3) is 0.500. The summed E-state index contributed by atoms with van der Waals surface area (Å²) >= 11 is 0.679. The number of thioether (sulfide) groups is 1. The number of aryl methyl sites for hydroxylation is 1. The molecule has 1 N–H and O–H groups in total. The molecule has 4 nitrogen and oxygen atoms in total. The molecule has 0 radical (unpaired) electrons. The van der Waals surface area contributed by atoms with Gasteiger partial charge in [-0.2, -0.15) is 13.2 Å². The van der Waals surface area contributed by atoms with Crippen LogP contribution < -0.4 is 0 Å². The quantitative estimate of drug-likeness (QED) is 0.814. The molecule has 0 aromatic carbocycles. The van der Waals surface area contributed by atoms with Crippen molar-refractivity contribution in [1.82, 2.24) is 9.36 Å². The van der Waals surface area contributed by atoms with E-state index in [9.17, 15) is 13.6 Å². The number of aliphatic carboxylic acids is 1. The van der Waals surface area contributed by atoms with E-state index in [-0.39, 0.29) is 16.1 Å². The van der Waals surface area contributed by atoms with E-state index in [1.165, 1.54) is 0 Å². The summed E-state index contributed by atoms with van der Waals surface area (Å²) in [4.78, 5) is 13.8. The standard InChI is InChI=1S/C6H6F2N2O2S2/c1-2-3-9-5(14-10-3)13-6(7,8)4(11)12/h2H2,1H3,(H,11,12). The van der Waals surface area contributed by atoms with E-state index in [0.29, 0.717) is 12.2 Å². The highest BCUT2D eigenvalue weighted by Crippen LogP contribution is 2.36. The van der Waals surface area contributed by atoms with Crippen molar-refractivity contribution in [2.45, 2.75) is 22.9 Å². The number of alkyl halides is 2. The largest absolute Gasteiger partial charge is 0.476 e. The van der Waals surface area contributed by atoms with E-state index in [4.69, 9.17) is 5.11 Å². The number of nitrogens with zero attached hydrogens (tertiary/aromatic N) is 2. The fourth-order valence-electron chi connectivity index (χ4n) is 0.576. The highest BCUT2D eigenvalue weighted by molar-refractivity contribution is 8.02. The topological polar surface area (TPSA) is 63.1 Å². The van der Waals surface area contributed by atoms with Crippen molar-refractivity contribution >= 4 is 29.3 Å². The minimum absolute atomic E-state index is 0.0331. The minimum atomic E-state index is -3.84. The second-order valence-corrected chi connectivity index (χ2v) is 4.37. The van der Waals surface area contributed by atoms with Crippen molar-refractivity contribution in [3.63, 3.8) is 0 Å². The molecule has 0 saturated heterocycles. The summed E-state index contributed by atoms with van der Waals surface area (Å²) in [5, 5.41) is 4.31. The molecule has 0 aliphatic heterocycles. The van der Waals surface area contributed by atoms with Crippen LogP contribution in [0.5, 0.6) is 0 Å². The highest BCUT2D eigenvalue weighted by Gasteiger charge is 2.41. The monoisotopic (exact) mass is 240 g/mol. The van der Waals surface area contributed by atoms with E-state index in [2.05, 4.69) is 9.36 Å². The molecule has 0 fully saturated rings. The van der Waals surface area contributed by atoms with Crippen LogP contribution in [0.25, 0.3) is 0 Å². The molecule has 0 atom stereocenters. The molecule has 1 aromatic rings. The predicted molar refractivity (Wildman–Crippen MR) is 47.7 cm³/mol. The Morgan fingerprint density at radius 1 is 1.71 bits per heavy atom. The van der Waals surface area contributed by atoms with Crippen LogP contribution >= 0.6 is 23.3 Å². The third-order valence-electron chi connectivity index (χ3n) is 1.23. The van der Waals surface area contributed by atoms with Crippen LogP contribution in [0.1, 0.15) is 12.7 Å². The lowest BCUT2D eigenvalue weighted by atomic mass is 10.5. The van der Waals surface area contributed by atoms with Gasteiger partial charge in [-0.15, -0.1) is 0 Å². The molecule has 0 saturated carbocycles. The van der Waals surface area contributed by atoms with E-state index < -0.39 is 11.2 Å². The Morgan fingerprint density at radius 3 is 2.79 bits per heavy atom. The van der Waals surface area contributed by atoms with Gasteiger partial charge in [-0.05, 0) is 23.3 Å². The maximum atomic E-state index is 12.6. The van der Waals surface area contributed by atoms with Gasteiger partial charge in [0, 0.05) is 6.42 Å². The number of hydrogen-bond donors (Lipinski definition) is 1. The third kappa shape index (κ3) is 2.61. The summed E-state index contributed by atoms with van der Waals surface area (Å²) in [6.45, 7) is 1.78. The molecule has 78 valence electrons. The van der Waals surface area contributed by atoms with E-state index in [1.807, 2.05) is 0 Å². The summed E-state index contributed by atoms with van der Waals surface area (Å²) in [6, 6.07) is 0. The molecule has 0 aliphatic rings. The average molecular weight is 240 g/mol. The van der Waals surface area contributed by atoms with Crippen LogP contribution in [0.4, 0.5) is 8.78 Å². The van der Waals surface area contributed by atoms with Crippen molar-refractivity contribution in [1.29, 1.82) is 0 Å². The Morgan fingerprint density at radius 2 is 2.36 bits per heavy atom. The van der Waals surface area contributed by atoms with Crippen LogP contribution in [0.3, 0.4) is 0 Å². The van der Waals surface area contributed by atoms with Crippen molar-refractivity contribution in [3.8, 4) is 0 Å². The van der Waals surface area contributed by atoms with Gasteiger partial charge in [-0.25, -0.2) is 9.78 Å². The van der Waals surface area contributed by atoms with Gasteiger partial charge in [0.15, 0.2) is 4.34 Å². The first-order valence-corrected chi connectivity index (χ1v) is 5.17. The number of hydrogen-bond acceptors (Lipinski definition) is 5. The zero-order valence-electron chi connectivity index (χ0n) is 7.03. The summed E-state index contributed by atoms with van der Waals surface area (Å²) in [5.41, 5.74) is 0. The van der Waals surface area contributed by atoms with Gasteiger partial charge >= 0.3 is 11.2 Å². The molecule has 1 heterocycles. The molecule has 0 amide bonds. The van der Waals surface area contributed by atoms with Gasteiger partial charge in [0.2, 0.25) is 0 Å². The molecule has 0 unspecified atom stereocenters. The summed E-state index contributed by atoms with van der Waals surface area (Å²) in [6.07, 6.45) is 0.537. The van der Waals surface area contributed by atoms with Crippen molar-refractivity contribution in [2.75, 3.05) is 0 Å². The second kappa shape index (κ2) is 4.18. The first kappa shape index (κ1) is 11.3. The molecule has 14 heavy (non-hydrogen) atoms. The van der Waals surface area contributed by atoms with Crippen LogP contribution in [-0.2, 0) is 11.2 Å². The Kier molecular flexibility index (Phi) is 3.38. The van der Waals surface area contributed by atoms with E-state index >= 15 is 0 Å². The number of halogens is 2. The lowest BCUT2D eigenvalue weighted by molar-refractivity contribution is -0.152. The van der Waals surface area contributed by atoms with Crippen LogP contribution in [0, 0.1) is 0 Å². The zero-order valence-corrected chi connectivity index (χ0v) is 8.66. The average Bonchev–Trinajstić information content (AvgIpc) is 2.51. The molecular weight excluding hydrogens is 234 g/mol. The molecular formula is C6H6F2N2O2S2. The fourth-order valence-corrected chi connectivity index (χ4v) is 2.11. The number of carboxylic acids is 1. The normalized spacial score (nSPS) is 11.6. The zero-order chi connectivity index (χ0) is 10.8. The number of carbonyl (C=O) groups is 1. The molecule has 1 aromatic heterocycles. The maximum absolute atomic E-state index is 12.6. The van der Waals surface area contributed by atoms with E-state index in [0.717, 1.165) is 11.5 Å². The molecule has 0 aliphatic carbocycles. The first-order chi connectivity index (χ1) is 6.45. The lowest BCUT2D eigenvalue weighted by Gasteiger charge is -2.06. The highest BCUT2D eigenvalue weighted by atomic mass is 32.2. The summed E-state index contributed by atoms with van der Waals surface area (Å²) in [5.74, 6) is -1.73. The van der Waals surface area contributed by atoms with Crippen molar-refractivity contribution in [3.05, 3.63) is 5.82 Å². The molecule has 8 heteroatoms. The number of rotatable bonds is 4. The van der Waals surface area contributed by atoms with Gasteiger partial charge in [-0.3, -0.25) is 0 Å². The first-order valence-electron chi connectivity index (χ1n) is 3.58. The maximum Gasteiger partial charge on any atom is 0.395 e. The predicted octanol–water partition coefficient (Wildman–Crippen LogP) is 1.87. The third-order valence-corrected chi connectivity index (χ3v) is 2.95. The van der Waals surface area contributed by atoms with Crippen molar-refractivity contribution in [2.24, 2.45) is 0 Å². The SMILES string of the molecule is CCc1nsc(SC(F)(F)C(=O)O)n1. The van der Waals surface area contributed by atoms with Crippen LogP contribution in [-0.4, -0.2) is 25.7 Å². The molecule has 0 spiro atoms. The van der Waals surface area contributed by atoms with Crippen LogP contribution in [0.15, 0.2) is 4.34 Å². The van der Waals surface area contributed by atoms with Gasteiger partial charge in [0.05, 0.1) is 0 Å². The van der Waals surface area contributed by atoms with Crippen LogP contribution in [0.2, 0.25) is 0 Å². The Balaban J connectivity index is 2.73. The smallest absolute Gasteiger partial charge is 0.395 e. The van der Waals surface area contributed by atoms with Gasteiger partial charge in [-0.1, -0.05) is 6.92 Å². The lowest BCUT2D eigenvalue weighted by Crippen LogP contribution is -2.23. The van der Waals surface area contributed by atoms with Crippen molar-refractivity contribution < 1.29 is 18.7 Å². The summed E-state index contributed by atoms with van der Waals surface area (Å²) < 4.78 is 29.0. The Bertz CT molecular complexity index is 342. The van der Waals surface area contributed by atoms with Gasteiger partial charge < -0.3 is 5.11 Å². The minimum Gasteiger partial charge on any atom is -0.476 e. The summed E-state index contributed by atoms with van der Waals surface area (Å²) in [7, 11) is 0. The second-order valence-electron chi connectivity index (χ2n) is 2.25. The number of carboxylic acid groups (broad SMARTS) is 1.